The quantitative estimate of drug-likeness (QED) is 0.717. The lowest BCUT2D eigenvalue weighted by Crippen LogP contribution is -2.39. The Hall–Kier alpha value is -2.24. The van der Waals surface area contributed by atoms with E-state index in [1.165, 1.54) is 0 Å². The van der Waals surface area contributed by atoms with Crippen LogP contribution < -0.4 is 15.4 Å². The fourth-order valence-corrected chi connectivity index (χ4v) is 2.45. The minimum atomic E-state index is -0.237. The van der Waals surface area contributed by atoms with Gasteiger partial charge in [0.2, 0.25) is 5.91 Å². The van der Waals surface area contributed by atoms with Gasteiger partial charge in [0, 0.05) is 32.6 Å². The van der Waals surface area contributed by atoms with E-state index in [1.807, 2.05) is 35.2 Å². The van der Waals surface area contributed by atoms with Gasteiger partial charge in [0.15, 0.2) is 0 Å². The molecular formula is C17H25N3O3. The van der Waals surface area contributed by atoms with E-state index >= 15 is 0 Å². The summed E-state index contributed by atoms with van der Waals surface area (Å²) in [4.78, 5) is 25.3. The zero-order valence-electron chi connectivity index (χ0n) is 13.4. The summed E-state index contributed by atoms with van der Waals surface area (Å²) in [6.45, 7) is 3.18. The lowest BCUT2D eigenvalue weighted by atomic mass is 10.3. The van der Waals surface area contributed by atoms with Gasteiger partial charge in [0.1, 0.15) is 5.75 Å². The normalized spacial score (nSPS) is 13.7. The van der Waals surface area contributed by atoms with Gasteiger partial charge in [-0.25, -0.2) is 4.79 Å². The number of rotatable bonds is 8. The van der Waals surface area contributed by atoms with E-state index in [2.05, 4.69) is 10.6 Å². The van der Waals surface area contributed by atoms with Crippen molar-refractivity contribution in [2.24, 2.45) is 0 Å². The highest BCUT2D eigenvalue weighted by Gasteiger charge is 2.17. The molecule has 0 spiro atoms. The van der Waals surface area contributed by atoms with Gasteiger partial charge >= 0.3 is 6.03 Å². The van der Waals surface area contributed by atoms with Crippen LogP contribution in [0, 0.1) is 0 Å². The number of ether oxygens (including phenoxy) is 1. The number of likely N-dealkylation sites (tertiary alicyclic amines) is 1. The molecule has 0 radical (unpaired) electrons. The topological polar surface area (TPSA) is 70.7 Å². The Balaban J connectivity index is 1.46. The maximum absolute atomic E-state index is 11.8. The fourth-order valence-electron chi connectivity index (χ4n) is 2.45. The van der Waals surface area contributed by atoms with Gasteiger partial charge < -0.3 is 20.3 Å². The van der Waals surface area contributed by atoms with Crippen LogP contribution >= 0.6 is 0 Å². The number of hydrogen-bond acceptors (Lipinski definition) is 3. The summed E-state index contributed by atoms with van der Waals surface area (Å²) in [5.41, 5.74) is 0. The van der Waals surface area contributed by atoms with Gasteiger partial charge in [-0.05, 0) is 31.4 Å². The highest BCUT2D eigenvalue weighted by molar-refractivity contribution is 5.78. The molecule has 0 saturated carbocycles. The predicted molar refractivity (Wildman–Crippen MR) is 88.4 cm³/mol. The molecule has 1 aromatic carbocycles. The second kappa shape index (κ2) is 9.71. The average Bonchev–Trinajstić information content (AvgIpc) is 3.10. The number of nitrogens with one attached hydrogen (secondary N) is 2. The van der Waals surface area contributed by atoms with Crippen molar-refractivity contribution in [3.05, 3.63) is 30.3 Å². The Morgan fingerprint density at radius 1 is 1.04 bits per heavy atom. The Morgan fingerprint density at radius 3 is 2.48 bits per heavy atom. The molecule has 0 bridgehead atoms. The molecule has 3 amide bonds. The number of para-hydroxylation sites is 1. The zero-order chi connectivity index (χ0) is 16.3. The SMILES string of the molecule is O=C(NCCCOc1ccccc1)NCCC(=O)N1CCCC1. The van der Waals surface area contributed by atoms with E-state index in [-0.39, 0.29) is 11.9 Å². The molecule has 1 fully saturated rings. The van der Waals surface area contributed by atoms with Crippen LogP contribution in [-0.2, 0) is 4.79 Å². The first-order chi connectivity index (χ1) is 11.3. The summed E-state index contributed by atoms with van der Waals surface area (Å²) in [7, 11) is 0. The molecule has 126 valence electrons. The number of hydrogen-bond donors (Lipinski definition) is 2. The van der Waals surface area contributed by atoms with E-state index in [1.54, 1.807) is 0 Å². The van der Waals surface area contributed by atoms with Crippen LogP contribution in [0.25, 0.3) is 0 Å². The molecule has 23 heavy (non-hydrogen) atoms. The van der Waals surface area contributed by atoms with E-state index in [0.29, 0.717) is 26.1 Å². The van der Waals surface area contributed by atoms with E-state index in [0.717, 1.165) is 38.1 Å². The lowest BCUT2D eigenvalue weighted by molar-refractivity contribution is -0.129. The van der Waals surface area contributed by atoms with Gasteiger partial charge in [-0.3, -0.25) is 4.79 Å². The second-order valence-corrected chi connectivity index (χ2v) is 5.54. The summed E-state index contributed by atoms with van der Waals surface area (Å²) < 4.78 is 5.54. The Kier molecular flexibility index (Phi) is 7.23. The van der Waals surface area contributed by atoms with Crippen LogP contribution in [0.4, 0.5) is 4.79 Å². The summed E-state index contributed by atoms with van der Waals surface area (Å²) in [6, 6.07) is 9.34. The Morgan fingerprint density at radius 2 is 1.74 bits per heavy atom. The van der Waals surface area contributed by atoms with Crippen molar-refractivity contribution in [2.75, 3.05) is 32.8 Å². The van der Waals surface area contributed by atoms with Crippen molar-refractivity contribution >= 4 is 11.9 Å². The van der Waals surface area contributed by atoms with E-state index < -0.39 is 0 Å². The third-order valence-corrected chi connectivity index (χ3v) is 3.70. The molecule has 1 heterocycles. The highest BCUT2D eigenvalue weighted by Crippen LogP contribution is 2.08. The molecule has 0 aromatic heterocycles. The molecule has 1 aliphatic rings. The molecule has 0 unspecified atom stereocenters. The fraction of sp³-hybridized carbons (Fsp3) is 0.529. The van der Waals surface area contributed by atoms with Gasteiger partial charge in [0.25, 0.3) is 0 Å². The number of amides is 3. The standard InChI is InChI=1S/C17H25N3O3/c21-16(20-12-4-5-13-20)9-11-19-17(22)18-10-6-14-23-15-7-2-1-3-8-15/h1-3,7-8H,4-6,9-14H2,(H2,18,19,22). The molecule has 2 N–H and O–H groups in total. The van der Waals surface area contributed by atoms with Crippen molar-refractivity contribution in [2.45, 2.75) is 25.7 Å². The number of urea groups is 1. The van der Waals surface area contributed by atoms with Crippen LogP contribution in [0.15, 0.2) is 30.3 Å². The van der Waals surface area contributed by atoms with Gasteiger partial charge in [-0.15, -0.1) is 0 Å². The van der Waals surface area contributed by atoms with E-state index in [4.69, 9.17) is 4.74 Å². The third-order valence-electron chi connectivity index (χ3n) is 3.70. The summed E-state index contributed by atoms with van der Waals surface area (Å²) in [5, 5.41) is 5.46. The highest BCUT2D eigenvalue weighted by atomic mass is 16.5. The number of nitrogens with zero attached hydrogens (tertiary/aromatic N) is 1. The van der Waals surface area contributed by atoms with Crippen molar-refractivity contribution < 1.29 is 14.3 Å². The first kappa shape index (κ1) is 17.1. The van der Waals surface area contributed by atoms with Crippen molar-refractivity contribution in [3.63, 3.8) is 0 Å². The molecule has 0 aliphatic carbocycles. The minimum absolute atomic E-state index is 0.124. The van der Waals surface area contributed by atoms with Crippen molar-refractivity contribution in [1.29, 1.82) is 0 Å². The maximum Gasteiger partial charge on any atom is 0.314 e. The molecule has 0 atom stereocenters. The van der Waals surface area contributed by atoms with Crippen LogP contribution in [-0.4, -0.2) is 49.6 Å². The van der Waals surface area contributed by atoms with Gasteiger partial charge in [0.05, 0.1) is 6.61 Å². The van der Waals surface area contributed by atoms with Crippen LogP contribution in [0.1, 0.15) is 25.7 Å². The number of benzene rings is 1. The zero-order valence-corrected chi connectivity index (χ0v) is 13.4. The molecular weight excluding hydrogens is 294 g/mol. The number of carbonyl (C=O) groups excluding carboxylic acids is 2. The van der Waals surface area contributed by atoms with Crippen LogP contribution in [0.2, 0.25) is 0 Å². The predicted octanol–water partition coefficient (Wildman–Crippen LogP) is 1.77. The molecule has 6 nitrogen and oxygen atoms in total. The monoisotopic (exact) mass is 319 g/mol. The molecule has 1 aromatic rings. The maximum atomic E-state index is 11.8. The largest absolute Gasteiger partial charge is 0.494 e. The Labute approximate surface area is 137 Å². The third kappa shape index (κ3) is 6.59. The smallest absolute Gasteiger partial charge is 0.314 e. The molecule has 2 rings (SSSR count). The number of carbonyl (C=O) groups is 2. The summed E-state index contributed by atoms with van der Waals surface area (Å²) >= 11 is 0. The van der Waals surface area contributed by atoms with Crippen molar-refractivity contribution in [3.8, 4) is 5.75 Å². The minimum Gasteiger partial charge on any atom is -0.494 e. The van der Waals surface area contributed by atoms with Crippen molar-refractivity contribution in [1.82, 2.24) is 15.5 Å². The summed E-state index contributed by atoms with van der Waals surface area (Å²) in [5.74, 6) is 0.955. The Bertz CT molecular complexity index is 487. The molecule has 1 saturated heterocycles. The van der Waals surface area contributed by atoms with Gasteiger partial charge in [-0.1, -0.05) is 18.2 Å². The molecule has 1 aliphatic heterocycles. The van der Waals surface area contributed by atoms with E-state index in [9.17, 15) is 9.59 Å². The molecule has 6 heteroatoms. The first-order valence-corrected chi connectivity index (χ1v) is 8.23. The first-order valence-electron chi connectivity index (χ1n) is 8.23. The second-order valence-electron chi connectivity index (χ2n) is 5.54. The summed E-state index contributed by atoms with van der Waals surface area (Å²) in [6.07, 6.45) is 3.27. The van der Waals surface area contributed by atoms with Crippen LogP contribution in [0.5, 0.6) is 5.75 Å². The lowest BCUT2D eigenvalue weighted by Gasteiger charge is -2.15. The average molecular weight is 319 g/mol. The van der Waals surface area contributed by atoms with Gasteiger partial charge in [-0.2, -0.15) is 0 Å². The van der Waals surface area contributed by atoms with Crippen LogP contribution in [0.3, 0.4) is 0 Å².